The van der Waals surface area contributed by atoms with Crippen LogP contribution in [0.3, 0.4) is 0 Å². The van der Waals surface area contributed by atoms with Gasteiger partial charge in [-0.25, -0.2) is 0 Å². The summed E-state index contributed by atoms with van der Waals surface area (Å²) in [6.45, 7) is 5.29. The molecule has 1 heterocycles. The van der Waals surface area contributed by atoms with Crippen LogP contribution in [0.2, 0.25) is 0 Å². The van der Waals surface area contributed by atoms with E-state index in [1.807, 2.05) is 0 Å². The number of nitrogens with one attached hydrogen (secondary N) is 1. The lowest BCUT2D eigenvalue weighted by Gasteiger charge is -2.09. The van der Waals surface area contributed by atoms with E-state index in [4.69, 9.17) is 9.84 Å². The predicted octanol–water partition coefficient (Wildman–Crippen LogP) is 2.16. The van der Waals surface area contributed by atoms with E-state index in [-0.39, 0.29) is 0 Å². The molecule has 0 fully saturated rings. The van der Waals surface area contributed by atoms with Gasteiger partial charge in [0.05, 0.1) is 6.61 Å². The zero-order chi connectivity index (χ0) is 13.5. The van der Waals surface area contributed by atoms with Crippen molar-refractivity contribution < 1.29 is 9.84 Å². The van der Waals surface area contributed by atoms with Gasteiger partial charge in [0, 0.05) is 13.0 Å². The summed E-state index contributed by atoms with van der Waals surface area (Å²) < 4.78 is 5.51. The molecule has 2 rings (SSSR count). The Kier molecular flexibility index (Phi) is 5.67. The van der Waals surface area contributed by atoms with E-state index in [9.17, 15) is 0 Å². The molecule has 1 aliphatic heterocycles. The highest BCUT2D eigenvalue weighted by Gasteiger charge is 2.11. The summed E-state index contributed by atoms with van der Waals surface area (Å²) in [5.74, 6) is 1.49. The Bertz CT molecular complexity index is 392. The first kappa shape index (κ1) is 14.4. The van der Waals surface area contributed by atoms with Crippen LogP contribution in [-0.4, -0.2) is 31.4 Å². The molecule has 0 aliphatic carbocycles. The molecule has 1 aromatic rings. The lowest BCUT2D eigenvalue weighted by atomic mass is 10.1. The first-order valence-corrected chi connectivity index (χ1v) is 7.36. The minimum Gasteiger partial charge on any atom is -0.493 e. The Morgan fingerprint density at radius 3 is 3.11 bits per heavy atom. The van der Waals surface area contributed by atoms with E-state index >= 15 is 0 Å². The van der Waals surface area contributed by atoms with E-state index in [0.717, 1.165) is 51.1 Å². The van der Waals surface area contributed by atoms with Gasteiger partial charge >= 0.3 is 0 Å². The summed E-state index contributed by atoms with van der Waals surface area (Å²) in [6, 6.07) is 6.54. The van der Waals surface area contributed by atoms with Crippen LogP contribution in [0.25, 0.3) is 0 Å². The van der Waals surface area contributed by atoms with Crippen LogP contribution in [0.1, 0.15) is 30.9 Å². The molecule has 0 amide bonds. The van der Waals surface area contributed by atoms with Gasteiger partial charge in [0.25, 0.3) is 0 Å². The van der Waals surface area contributed by atoms with Gasteiger partial charge in [-0.05, 0) is 55.5 Å². The van der Waals surface area contributed by atoms with Gasteiger partial charge in [0.1, 0.15) is 5.75 Å². The first-order chi connectivity index (χ1) is 9.29. The van der Waals surface area contributed by atoms with Gasteiger partial charge in [-0.2, -0.15) is 0 Å². The molecule has 2 N–H and O–H groups in total. The molecule has 0 bridgehead atoms. The molecular formula is C16H25NO2. The summed E-state index contributed by atoms with van der Waals surface area (Å²) in [4.78, 5) is 0. The summed E-state index contributed by atoms with van der Waals surface area (Å²) in [5.41, 5.74) is 2.75. The second-order valence-electron chi connectivity index (χ2n) is 5.47. The minimum atomic E-state index is 0.303. The lowest BCUT2D eigenvalue weighted by molar-refractivity contribution is 0.228. The topological polar surface area (TPSA) is 41.5 Å². The van der Waals surface area contributed by atoms with Crippen molar-refractivity contribution >= 4 is 0 Å². The fourth-order valence-electron chi connectivity index (χ4n) is 2.42. The van der Waals surface area contributed by atoms with Gasteiger partial charge in [-0.1, -0.05) is 19.1 Å². The van der Waals surface area contributed by atoms with Crippen LogP contribution in [0.15, 0.2) is 18.2 Å². The summed E-state index contributed by atoms with van der Waals surface area (Å²) >= 11 is 0. The summed E-state index contributed by atoms with van der Waals surface area (Å²) in [5, 5.41) is 12.4. The van der Waals surface area contributed by atoms with E-state index in [1.54, 1.807) is 0 Å². The number of ether oxygens (including phenoxy) is 1. The minimum absolute atomic E-state index is 0.303. The highest BCUT2D eigenvalue weighted by atomic mass is 16.5. The van der Waals surface area contributed by atoms with Gasteiger partial charge in [-0.15, -0.1) is 0 Å². The van der Waals surface area contributed by atoms with Crippen molar-refractivity contribution in [2.75, 3.05) is 26.3 Å². The molecule has 19 heavy (non-hydrogen) atoms. The quantitative estimate of drug-likeness (QED) is 0.706. The van der Waals surface area contributed by atoms with Crippen LogP contribution in [0.5, 0.6) is 5.75 Å². The smallest absolute Gasteiger partial charge is 0.122 e. The van der Waals surface area contributed by atoms with Crippen molar-refractivity contribution in [1.82, 2.24) is 5.32 Å². The Morgan fingerprint density at radius 1 is 1.37 bits per heavy atom. The third-order valence-electron chi connectivity index (χ3n) is 3.71. The third kappa shape index (κ3) is 4.51. The highest BCUT2D eigenvalue weighted by molar-refractivity contribution is 5.39. The predicted molar refractivity (Wildman–Crippen MR) is 77.7 cm³/mol. The van der Waals surface area contributed by atoms with Gasteiger partial charge in [0.2, 0.25) is 0 Å². The van der Waals surface area contributed by atoms with Crippen LogP contribution in [-0.2, 0) is 12.8 Å². The molecule has 106 valence electrons. The molecule has 0 spiro atoms. The van der Waals surface area contributed by atoms with Crippen molar-refractivity contribution in [3.05, 3.63) is 29.3 Å². The number of rotatable bonds is 8. The zero-order valence-electron chi connectivity index (χ0n) is 11.8. The van der Waals surface area contributed by atoms with E-state index in [0.29, 0.717) is 12.5 Å². The van der Waals surface area contributed by atoms with Crippen molar-refractivity contribution in [3.63, 3.8) is 0 Å². The Morgan fingerprint density at radius 2 is 2.26 bits per heavy atom. The van der Waals surface area contributed by atoms with Crippen molar-refractivity contribution in [3.8, 4) is 5.75 Å². The number of hydrogen-bond donors (Lipinski definition) is 2. The van der Waals surface area contributed by atoms with Gasteiger partial charge < -0.3 is 15.2 Å². The number of aliphatic hydroxyl groups excluding tert-OH is 1. The molecule has 1 unspecified atom stereocenters. The maximum absolute atomic E-state index is 8.93. The molecule has 3 nitrogen and oxygen atoms in total. The molecule has 3 heteroatoms. The van der Waals surface area contributed by atoms with Crippen LogP contribution in [0.4, 0.5) is 0 Å². The van der Waals surface area contributed by atoms with Crippen LogP contribution >= 0.6 is 0 Å². The standard InChI is InChI=1S/C16H25NO2/c1-13(12-18)3-2-8-17-9-6-14-4-5-16-15(11-14)7-10-19-16/h4-5,11,13,17-18H,2-3,6-10,12H2,1H3. The Labute approximate surface area is 116 Å². The van der Waals surface area contributed by atoms with Crippen LogP contribution in [0, 0.1) is 5.92 Å². The molecular weight excluding hydrogens is 238 g/mol. The maximum Gasteiger partial charge on any atom is 0.122 e. The van der Waals surface area contributed by atoms with Crippen molar-refractivity contribution in [1.29, 1.82) is 0 Å². The van der Waals surface area contributed by atoms with Crippen LogP contribution < -0.4 is 10.1 Å². The SMILES string of the molecule is CC(CO)CCCNCCc1ccc2c(c1)CCO2. The van der Waals surface area contributed by atoms with Gasteiger partial charge in [0.15, 0.2) is 0 Å². The van der Waals surface area contributed by atoms with Crippen molar-refractivity contribution in [2.24, 2.45) is 5.92 Å². The lowest BCUT2D eigenvalue weighted by Crippen LogP contribution is -2.19. The molecule has 0 radical (unpaired) electrons. The fraction of sp³-hybridized carbons (Fsp3) is 0.625. The maximum atomic E-state index is 8.93. The molecule has 1 atom stereocenters. The molecule has 0 aromatic heterocycles. The second-order valence-corrected chi connectivity index (χ2v) is 5.47. The average Bonchev–Trinajstić information content (AvgIpc) is 2.89. The molecule has 1 aromatic carbocycles. The van der Waals surface area contributed by atoms with Gasteiger partial charge in [-0.3, -0.25) is 0 Å². The largest absolute Gasteiger partial charge is 0.493 e. The number of fused-ring (bicyclic) bond motifs is 1. The fourth-order valence-corrected chi connectivity index (χ4v) is 2.42. The van der Waals surface area contributed by atoms with Crippen molar-refractivity contribution in [2.45, 2.75) is 32.6 Å². The van der Waals surface area contributed by atoms with E-state index < -0.39 is 0 Å². The summed E-state index contributed by atoms with van der Waals surface area (Å²) in [6.07, 6.45) is 4.36. The number of benzene rings is 1. The molecule has 0 saturated carbocycles. The Hall–Kier alpha value is -1.06. The number of aliphatic hydroxyl groups is 1. The third-order valence-corrected chi connectivity index (χ3v) is 3.71. The number of hydrogen-bond acceptors (Lipinski definition) is 3. The normalized spacial score (nSPS) is 15.1. The van der Waals surface area contributed by atoms with E-state index in [2.05, 4.69) is 30.4 Å². The molecule has 0 saturated heterocycles. The zero-order valence-corrected chi connectivity index (χ0v) is 11.8. The monoisotopic (exact) mass is 263 g/mol. The van der Waals surface area contributed by atoms with E-state index in [1.165, 1.54) is 11.1 Å². The first-order valence-electron chi connectivity index (χ1n) is 7.36. The Balaban J connectivity index is 1.61. The molecule has 1 aliphatic rings. The summed E-state index contributed by atoms with van der Waals surface area (Å²) in [7, 11) is 0. The second kappa shape index (κ2) is 7.51. The average molecular weight is 263 g/mol. The highest BCUT2D eigenvalue weighted by Crippen LogP contribution is 2.25.